The lowest BCUT2D eigenvalue weighted by atomic mass is 10.1. The molecule has 0 saturated carbocycles. The molecule has 2 amide bonds. The van der Waals surface area contributed by atoms with Gasteiger partial charge in [-0.3, -0.25) is 13.9 Å². The van der Waals surface area contributed by atoms with Crippen LogP contribution in [0.25, 0.3) is 0 Å². The number of nitrogens with one attached hydrogen (secondary N) is 1. The molecule has 0 aliphatic carbocycles. The fraction of sp³-hybridized carbons (Fsp3) is 0.286. The molecule has 0 aliphatic heterocycles. The summed E-state index contributed by atoms with van der Waals surface area (Å²) in [5, 5.41) is 3.23. The van der Waals surface area contributed by atoms with Gasteiger partial charge in [0.2, 0.25) is 11.8 Å². The van der Waals surface area contributed by atoms with Gasteiger partial charge in [0, 0.05) is 22.6 Å². The minimum atomic E-state index is -4.13. The van der Waals surface area contributed by atoms with Crippen LogP contribution in [0.2, 0.25) is 5.02 Å². The molecule has 0 unspecified atom stereocenters. The predicted molar refractivity (Wildman–Crippen MR) is 155 cm³/mol. The van der Waals surface area contributed by atoms with Crippen LogP contribution in [-0.2, 0) is 26.2 Å². The van der Waals surface area contributed by atoms with Gasteiger partial charge in [0.05, 0.1) is 10.6 Å². The number of hydrogen-bond donors (Lipinski definition) is 1. The largest absolute Gasteiger partial charge is 0.354 e. The van der Waals surface area contributed by atoms with Crippen molar-refractivity contribution in [3.8, 4) is 0 Å². The summed E-state index contributed by atoms with van der Waals surface area (Å²) in [4.78, 5) is 28.1. The van der Waals surface area contributed by atoms with E-state index in [0.717, 1.165) is 26.3 Å². The van der Waals surface area contributed by atoms with E-state index in [9.17, 15) is 18.0 Å². The Hall–Kier alpha value is -2.88. The Morgan fingerprint density at radius 2 is 1.58 bits per heavy atom. The fourth-order valence-electron chi connectivity index (χ4n) is 3.74. The van der Waals surface area contributed by atoms with Crippen molar-refractivity contribution in [2.24, 2.45) is 0 Å². The Labute approximate surface area is 238 Å². The number of halogens is 2. The van der Waals surface area contributed by atoms with Crippen LogP contribution in [-0.4, -0.2) is 44.3 Å². The zero-order valence-corrected chi connectivity index (χ0v) is 24.7. The second kappa shape index (κ2) is 13.3. The van der Waals surface area contributed by atoms with E-state index in [2.05, 4.69) is 21.2 Å². The highest BCUT2D eigenvalue weighted by molar-refractivity contribution is 9.10. The normalized spacial score (nSPS) is 12.0. The second-order valence-corrected chi connectivity index (χ2v) is 12.1. The molecule has 0 saturated heterocycles. The Morgan fingerprint density at radius 1 is 0.974 bits per heavy atom. The maximum Gasteiger partial charge on any atom is 0.264 e. The van der Waals surface area contributed by atoms with Crippen molar-refractivity contribution in [1.82, 2.24) is 10.2 Å². The predicted octanol–water partition coefficient (Wildman–Crippen LogP) is 5.55. The number of carbonyl (C=O) groups is 2. The number of nitrogens with zero attached hydrogens (tertiary/aromatic N) is 2. The van der Waals surface area contributed by atoms with E-state index < -0.39 is 28.5 Å². The average molecular weight is 621 g/mol. The van der Waals surface area contributed by atoms with E-state index in [1.54, 1.807) is 31.2 Å². The van der Waals surface area contributed by atoms with Gasteiger partial charge in [-0.15, -0.1) is 0 Å². The van der Waals surface area contributed by atoms with Crippen molar-refractivity contribution in [2.75, 3.05) is 17.4 Å². The van der Waals surface area contributed by atoms with Crippen LogP contribution in [0.15, 0.2) is 82.2 Å². The van der Waals surface area contributed by atoms with Crippen LogP contribution in [0.3, 0.4) is 0 Å². The molecule has 3 rings (SSSR count). The van der Waals surface area contributed by atoms with Crippen molar-refractivity contribution in [3.05, 3.63) is 93.4 Å². The molecule has 0 aromatic heterocycles. The van der Waals surface area contributed by atoms with Crippen LogP contribution < -0.4 is 9.62 Å². The highest BCUT2D eigenvalue weighted by Crippen LogP contribution is 2.26. The van der Waals surface area contributed by atoms with Gasteiger partial charge in [-0.05, 0) is 74.4 Å². The SMILES string of the molecule is CCCNC(=O)[C@@H](C)N(Cc1ccc(Br)cc1)C(=O)CN(c1ccc(C)cc1)S(=O)(=O)c1ccc(Cl)cc1. The molecule has 0 aliphatic rings. The number of rotatable bonds is 11. The molecule has 202 valence electrons. The Bertz CT molecular complexity index is 1350. The third-order valence-electron chi connectivity index (χ3n) is 5.99. The van der Waals surface area contributed by atoms with E-state index in [4.69, 9.17) is 11.6 Å². The molecule has 1 N–H and O–H groups in total. The van der Waals surface area contributed by atoms with Crippen LogP contribution in [0.4, 0.5) is 5.69 Å². The van der Waals surface area contributed by atoms with Gasteiger partial charge in [0.25, 0.3) is 10.0 Å². The molecule has 0 radical (unpaired) electrons. The molecule has 0 spiro atoms. The molecule has 3 aromatic carbocycles. The molecular formula is C28H31BrClN3O4S. The Balaban J connectivity index is 2.00. The lowest BCUT2D eigenvalue weighted by Gasteiger charge is -2.32. The molecule has 10 heteroatoms. The van der Waals surface area contributed by atoms with Crippen molar-refractivity contribution in [1.29, 1.82) is 0 Å². The van der Waals surface area contributed by atoms with Crippen LogP contribution >= 0.6 is 27.5 Å². The Morgan fingerprint density at radius 3 is 2.16 bits per heavy atom. The van der Waals surface area contributed by atoms with Crippen molar-refractivity contribution in [3.63, 3.8) is 0 Å². The highest BCUT2D eigenvalue weighted by atomic mass is 79.9. The van der Waals surface area contributed by atoms with Gasteiger partial charge in [0.15, 0.2) is 0 Å². The van der Waals surface area contributed by atoms with E-state index >= 15 is 0 Å². The first-order valence-electron chi connectivity index (χ1n) is 12.2. The summed E-state index contributed by atoms with van der Waals surface area (Å²) in [5.74, 6) is -0.815. The van der Waals surface area contributed by atoms with Gasteiger partial charge in [-0.25, -0.2) is 8.42 Å². The molecule has 7 nitrogen and oxygen atoms in total. The third-order valence-corrected chi connectivity index (χ3v) is 8.55. The van der Waals surface area contributed by atoms with Gasteiger partial charge in [-0.2, -0.15) is 0 Å². The van der Waals surface area contributed by atoms with Crippen molar-refractivity contribution >= 4 is 55.1 Å². The number of amides is 2. The molecule has 0 fully saturated rings. The molecule has 0 heterocycles. The number of anilines is 1. The lowest BCUT2D eigenvalue weighted by Crippen LogP contribution is -2.51. The van der Waals surface area contributed by atoms with Gasteiger partial charge < -0.3 is 10.2 Å². The molecule has 38 heavy (non-hydrogen) atoms. The maximum atomic E-state index is 13.8. The molecule has 3 aromatic rings. The zero-order valence-electron chi connectivity index (χ0n) is 21.5. The monoisotopic (exact) mass is 619 g/mol. The van der Waals surface area contributed by atoms with Crippen molar-refractivity contribution < 1.29 is 18.0 Å². The number of hydrogen-bond acceptors (Lipinski definition) is 4. The van der Waals surface area contributed by atoms with E-state index in [1.807, 2.05) is 38.1 Å². The first-order valence-corrected chi connectivity index (χ1v) is 14.8. The number of benzene rings is 3. The van der Waals surface area contributed by atoms with Crippen LogP contribution in [0, 0.1) is 6.92 Å². The summed E-state index contributed by atoms with van der Waals surface area (Å²) >= 11 is 9.39. The summed E-state index contributed by atoms with van der Waals surface area (Å²) in [6, 6.07) is 19.3. The van der Waals surface area contributed by atoms with Gasteiger partial charge in [0.1, 0.15) is 12.6 Å². The standard InChI is InChI=1S/C28H31BrClN3O4S/c1-4-17-31-28(35)21(3)32(18-22-7-9-23(29)10-8-22)27(34)19-33(25-13-5-20(2)6-14-25)38(36,37)26-15-11-24(30)12-16-26/h5-16,21H,4,17-19H2,1-3H3,(H,31,35)/t21-/m1/s1. The van der Waals surface area contributed by atoms with Gasteiger partial charge >= 0.3 is 0 Å². The zero-order chi connectivity index (χ0) is 27.9. The van der Waals surface area contributed by atoms with Crippen LogP contribution in [0.1, 0.15) is 31.4 Å². The van der Waals surface area contributed by atoms with E-state index in [1.165, 1.54) is 29.2 Å². The van der Waals surface area contributed by atoms with Crippen molar-refractivity contribution in [2.45, 2.75) is 44.7 Å². The number of carbonyl (C=O) groups excluding carboxylic acids is 2. The minimum Gasteiger partial charge on any atom is -0.354 e. The third kappa shape index (κ3) is 7.58. The maximum absolute atomic E-state index is 13.8. The van der Waals surface area contributed by atoms with E-state index in [-0.39, 0.29) is 17.3 Å². The quantitative estimate of drug-likeness (QED) is 0.305. The first kappa shape index (κ1) is 29.7. The molecule has 1 atom stereocenters. The second-order valence-electron chi connectivity index (χ2n) is 8.92. The summed E-state index contributed by atoms with van der Waals surface area (Å²) in [5.41, 5.74) is 2.09. The summed E-state index contributed by atoms with van der Waals surface area (Å²) in [6.45, 7) is 5.60. The smallest absolute Gasteiger partial charge is 0.264 e. The number of aryl methyl sites for hydroxylation is 1. The lowest BCUT2D eigenvalue weighted by molar-refractivity contribution is -0.139. The number of sulfonamides is 1. The highest BCUT2D eigenvalue weighted by Gasteiger charge is 2.32. The van der Waals surface area contributed by atoms with Crippen LogP contribution in [0.5, 0.6) is 0 Å². The first-order chi connectivity index (χ1) is 18.0. The Kier molecular flexibility index (Phi) is 10.4. The molecular weight excluding hydrogens is 590 g/mol. The minimum absolute atomic E-state index is 0.00321. The molecule has 0 bridgehead atoms. The fourth-order valence-corrected chi connectivity index (χ4v) is 5.54. The average Bonchev–Trinajstić information content (AvgIpc) is 2.90. The van der Waals surface area contributed by atoms with Gasteiger partial charge in [-0.1, -0.05) is 64.3 Å². The summed E-state index contributed by atoms with van der Waals surface area (Å²) in [7, 11) is -4.13. The summed E-state index contributed by atoms with van der Waals surface area (Å²) < 4.78 is 29.5. The van der Waals surface area contributed by atoms with E-state index in [0.29, 0.717) is 17.3 Å². The summed E-state index contributed by atoms with van der Waals surface area (Å²) in [6.07, 6.45) is 0.750. The topological polar surface area (TPSA) is 86.8 Å².